The first-order chi connectivity index (χ1) is 16.6. The summed E-state index contributed by atoms with van der Waals surface area (Å²) in [7, 11) is 1.55. The van der Waals surface area contributed by atoms with Gasteiger partial charge in [-0.05, 0) is 44.5 Å². The van der Waals surface area contributed by atoms with Crippen molar-refractivity contribution in [2.24, 2.45) is 0 Å². The summed E-state index contributed by atoms with van der Waals surface area (Å²) in [6, 6.07) is 4.29. The average Bonchev–Trinajstić information content (AvgIpc) is 3.05. The third-order valence-electron chi connectivity index (χ3n) is 6.27. The molecule has 0 aromatic heterocycles. The molecule has 1 aromatic carbocycles. The molecule has 0 unspecified atom stereocenters. The van der Waals surface area contributed by atoms with E-state index in [0.717, 1.165) is 11.0 Å². The van der Waals surface area contributed by atoms with Crippen LogP contribution in [0.1, 0.15) is 37.3 Å². The summed E-state index contributed by atoms with van der Waals surface area (Å²) in [6.07, 6.45) is -3.56. The van der Waals surface area contributed by atoms with Gasteiger partial charge in [-0.3, -0.25) is 19.3 Å². The van der Waals surface area contributed by atoms with Crippen molar-refractivity contribution in [3.05, 3.63) is 40.5 Å². The van der Waals surface area contributed by atoms with Crippen molar-refractivity contribution in [2.75, 3.05) is 51.3 Å². The summed E-state index contributed by atoms with van der Waals surface area (Å²) in [5.41, 5.74) is -1.49. The summed E-state index contributed by atoms with van der Waals surface area (Å²) in [5, 5.41) is 8.97. The molecule has 1 aromatic rings. The second-order valence-electron chi connectivity index (χ2n) is 8.46. The Balaban J connectivity index is 1.59. The lowest BCUT2D eigenvalue weighted by Gasteiger charge is -2.34. The van der Waals surface area contributed by atoms with Gasteiger partial charge in [0.1, 0.15) is 0 Å². The number of carbonyl (C=O) groups is 3. The van der Waals surface area contributed by atoms with Crippen molar-refractivity contribution in [3.8, 4) is 6.07 Å². The molecular formula is C24H27F3N4O4. The molecule has 0 saturated carbocycles. The number of carbonyl (C=O) groups excluding carboxylic acids is 3. The SMILES string of the molecule is COCCC(=O)N1CCN(CCCC2=C(C)C(=O)N(c3ccc(C#N)c(C(F)(F)F)c3)C2=O)CC1. The molecule has 0 atom stereocenters. The van der Waals surface area contributed by atoms with Gasteiger partial charge in [0.25, 0.3) is 11.8 Å². The van der Waals surface area contributed by atoms with Crippen molar-refractivity contribution in [2.45, 2.75) is 32.4 Å². The Kier molecular flexibility index (Phi) is 8.30. The number of hydrogen-bond donors (Lipinski definition) is 0. The smallest absolute Gasteiger partial charge is 0.384 e. The fourth-order valence-electron chi connectivity index (χ4n) is 4.26. The number of rotatable bonds is 8. The molecule has 3 amide bonds. The molecule has 3 rings (SSSR count). The molecule has 0 radical (unpaired) electrons. The van der Waals surface area contributed by atoms with E-state index in [9.17, 15) is 27.6 Å². The van der Waals surface area contributed by atoms with Crippen LogP contribution in [0.5, 0.6) is 0 Å². The molecule has 0 spiro atoms. The minimum Gasteiger partial charge on any atom is -0.384 e. The van der Waals surface area contributed by atoms with Crippen LogP contribution < -0.4 is 4.90 Å². The Morgan fingerprint density at radius 2 is 1.83 bits per heavy atom. The van der Waals surface area contributed by atoms with Gasteiger partial charge in [0.15, 0.2) is 0 Å². The molecule has 8 nitrogen and oxygen atoms in total. The monoisotopic (exact) mass is 492 g/mol. The van der Waals surface area contributed by atoms with E-state index in [2.05, 4.69) is 4.90 Å². The van der Waals surface area contributed by atoms with Crippen LogP contribution >= 0.6 is 0 Å². The summed E-state index contributed by atoms with van der Waals surface area (Å²) in [5.74, 6) is -1.25. The molecule has 0 bridgehead atoms. The molecule has 35 heavy (non-hydrogen) atoms. The fourth-order valence-corrected chi connectivity index (χ4v) is 4.26. The lowest BCUT2D eigenvalue weighted by molar-refractivity contribution is -0.138. The van der Waals surface area contributed by atoms with Gasteiger partial charge in [-0.2, -0.15) is 18.4 Å². The molecule has 11 heteroatoms. The zero-order valence-electron chi connectivity index (χ0n) is 19.7. The number of ether oxygens (including phenoxy) is 1. The van der Waals surface area contributed by atoms with E-state index in [1.54, 1.807) is 12.0 Å². The first-order valence-electron chi connectivity index (χ1n) is 11.3. The lowest BCUT2D eigenvalue weighted by atomic mass is 10.1. The standard InChI is InChI=1S/C24H27F3N4O4/c1-16-19(4-3-8-29-9-11-30(12-10-29)21(32)7-13-35-2)23(34)31(22(16)33)18-6-5-17(15-28)20(14-18)24(25,26)27/h5-6,14H,3-4,7-13H2,1-2H3. The average molecular weight is 492 g/mol. The van der Waals surface area contributed by atoms with E-state index in [1.165, 1.54) is 19.1 Å². The minimum atomic E-state index is -4.80. The number of hydrogen-bond acceptors (Lipinski definition) is 6. The highest BCUT2D eigenvalue weighted by Gasteiger charge is 2.39. The van der Waals surface area contributed by atoms with Crippen molar-refractivity contribution in [1.82, 2.24) is 9.80 Å². The Bertz CT molecular complexity index is 1070. The van der Waals surface area contributed by atoms with E-state index < -0.39 is 29.1 Å². The number of nitrogens with zero attached hydrogens (tertiary/aromatic N) is 4. The van der Waals surface area contributed by atoms with E-state index in [-0.39, 0.29) is 22.7 Å². The molecule has 1 saturated heterocycles. The number of nitriles is 1. The second kappa shape index (κ2) is 11.0. The maximum absolute atomic E-state index is 13.3. The molecule has 0 aliphatic carbocycles. The van der Waals surface area contributed by atoms with Gasteiger partial charge >= 0.3 is 6.18 Å². The van der Waals surface area contributed by atoms with Gasteiger partial charge in [0.2, 0.25) is 5.91 Å². The van der Waals surface area contributed by atoms with E-state index in [1.807, 2.05) is 0 Å². The van der Waals surface area contributed by atoms with Gasteiger partial charge < -0.3 is 9.64 Å². The Hall–Kier alpha value is -3.23. The van der Waals surface area contributed by atoms with Crippen LogP contribution in [-0.2, 0) is 25.3 Å². The van der Waals surface area contributed by atoms with Gasteiger partial charge in [-0.25, -0.2) is 4.90 Å². The Labute approximate surface area is 201 Å². The molecule has 2 heterocycles. The molecule has 1 fully saturated rings. The first-order valence-corrected chi connectivity index (χ1v) is 11.3. The summed E-state index contributed by atoms with van der Waals surface area (Å²) < 4.78 is 44.9. The maximum Gasteiger partial charge on any atom is 0.417 e. The zero-order valence-corrected chi connectivity index (χ0v) is 19.7. The van der Waals surface area contributed by atoms with Gasteiger partial charge in [-0.1, -0.05) is 0 Å². The first kappa shape index (κ1) is 26.4. The highest BCUT2D eigenvalue weighted by Crippen LogP contribution is 2.36. The number of amides is 3. The number of piperazine rings is 1. The third kappa shape index (κ3) is 5.89. The number of methoxy groups -OCH3 is 1. The maximum atomic E-state index is 13.3. The van der Waals surface area contributed by atoms with Gasteiger partial charge in [0, 0.05) is 44.4 Å². The highest BCUT2D eigenvalue weighted by molar-refractivity contribution is 6.32. The summed E-state index contributed by atoms with van der Waals surface area (Å²) in [6.45, 7) is 5.15. The van der Waals surface area contributed by atoms with Crippen molar-refractivity contribution in [3.63, 3.8) is 0 Å². The Morgan fingerprint density at radius 3 is 2.43 bits per heavy atom. The van der Waals surface area contributed by atoms with Crippen LogP contribution in [0.4, 0.5) is 18.9 Å². The van der Waals surface area contributed by atoms with Crippen molar-refractivity contribution < 1.29 is 32.3 Å². The molecule has 0 N–H and O–H groups in total. The van der Waals surface area contributed by atoms with Crippen LogP contribution in [0.15, 0.2) is 29.3 Å². The Morgan fingerprint density at radius 1 is 1.14 bits per heavy atom. The van der Waals surface area contributed by atoms with Crippen LogP contribution in [0.25, 0.3) is 0 Å². The van der Waals surface area contributed by atoms with E-state index in [4.69, 9.17) is 10.00 Å². The van der Waals surface area contributed by atoms with E-state index >= 15 is 0 Å². The lowest BCUT2D eigenvalue weighted by Crippen LogP contribution is -2.49. The zero-order chi connectivity index (χ0) is 25.8. The highest BCUT2D eigenvalue weighted by atomic mass is 19.4. The van der Waals surface area contributed by atoms with Crippen molar-refractivity contribution >= 4 is 23.4 Å². The third-order valence-corrected chi connectivity index (χ3v) is 6.27. The largest absolute Gasteiger partial charge is 0.417 e. The predicted molar refractivity (Wildman–Crippen MR) is 120 cm³/mol. The van der Waals surface area contributed by atoms with Crippen LogP contribution in [0.3, 0.4) is 0 Å². The van der Waals surface area contributed by atoms with Crippen LogP contribution in [0.2, 0.25) is 0 Å². The minimum absolute atomic E-state index is 0.0546. The second-order valence-corrected chi connectivity index (χ2v) is 8.46. The molecule has 2 aliphatic heterocycles. The number of imide groups is 1. The predicted octanol–water partition coefficient (Wildman–Crippen LogP) is 2.73. The van der Waals surface area contributed by atoms with Crippen LogP contribution in [-0.4, -0.2) is 74.0 Å². The summed E-state index contributed by atoms with van der Waals surface area (Å²) >= 11 is 0. The molecule has 188 valence electrons. The van der Waals surface area contributed by atoms with E-state index in [0.29, 0.717) is 64.7 Å². The number of halogens is 3. The van der Waals surface area contributed by atoms with Gasteiger partial charge in [0.05, 0.1) is 35.9 Å². The molecular weight excluding hydrogens is 465 g/mol. The number of anilines is 1. The van der Waals surface area contributed by atoms with Crippen molar-refractivity contribution in [1.29, 1.82) is 5.26 Å². The molecule has 2 aliphatic rings. The topological polar surface area (TPSA) is 93.9 Å². The number of benzene rings is 1. The summed E-state index contributed by atoms with van der Waals surface area (Å²) in [4.78, 5) is 42.5. The quantitative estimate of drug-likeness (QED) is 0.518. The fraction of sp³-hybridized carbons (Fsp3) is 0.500. The number of alkyl halides is 3. The van der Waals surface area contributed by atoms with Gasteiger partial charge in [-0.15, -0.1) is 0 Å². The van der Waals surface area contributed by atoms with Crippen LogP contribution in [0, 0.1) is 11.3 Å². The normalized spacial score (nSPS) is 17.4.